The van der Waals surface area contributed by atoms with E-state index in [0.717, 1.165) is 12.3 Å². The molecule has 0 bridgehead atoms. The molecule has 1 fully saturated rings. The minimum absolute atomic E-state index is 0.132. The van der Waals surface area contributed by atoms with E-state index in [1.807, 2.05) is 0 Å². The normalized spacial score (nSPS) is 18.2. The predicted octanol–water partition coefficient (Wildman–Crippen LogP) is 2.85. The number of rotatable bonds is 3. The Kier molecular flexibility index (Phi) is 2.70. The second kappa shape index (κ2) is 3.77. The van der Waals surface area contributed by atoms with Gasteiger partial charge >= 0.3 is 0 Å². The van der Waals surface area contributed by atoms with E-state index in [1.165, 1.54) is 18.4 Å². The van der Waals surface area contributed by atoms with Crippen LogP contribution in [0.2, 0.25) is 0 Å². The van der Waals surface area contributed by atoms with Crippen molar-refractivity contribution in [1.29, 1.82) is 0 Å². The van der Waals surface area contributed by atoms with Gasteiger partial charge in [0.15, 0.2) is 0 Å². The fourth-order valence-electron chi connectivity index (χ4n) is 1.99. The second-order valence-corrected chi connectivity index (χ2v) is 5.72. The lowest BCUT2D eigenvalue weighted by Gasteiger charge is -2.22. The molecule has 2 rings (SSSR count). The number of nitrogens with two attached hydrogens (primary N) is 1. The standard InChI is InChI=1S/C14H21NO/c1-13(2,3)16-12-6-4-11(5-7-12)14(10-15)8-9-14/h4-7H,8-10,15H2,1-3H3. The molecule has 0 unspecified atom stereocenters. The quantitative estimate of drug-likeness (QED) is 0.848. The molecule has 0 radical (unpaired) electrons. The molecule has 0 atom stereocenters. The second-order valence-electron chi connectivity index (χ2n) is 5.72. The molecule has 1 saturated carbocycles. The average Bonchev–Trinajstić information content (AvgIpc) is 2.97. The summed E-state index contributed by atoms with van der Waals surface area (Å²) < 4.78 is 5.79. The van der Waals surface area contributed by atoms with E-state index in [1.54, 1.807) is 0 Å². The summed E-state index contributed by atoms with van der Waals surface area (Å²) in [5.74, 6) is 0.934. The van der Waals surface area contributed by atoms with Gasteiger partial charge in [0.1, 0.15) is 11.4 Å². The summed E-state index contributed by atoms with van der Waals surface area (Å²) in [7, 11) is 0. The summed E-state index contributed by atoms with van der Waals surface area (Å²) in [6.45, 7) is 6.93. The topological polar surface area (TPSA) is 35.2 Å². The molecular weight excluding hydrogens is 198 g/mol. The van der Waals surface area contributed by atoms with E-state index >= 15 is 0 Å². The maximum Gasteiger partial charge on any atom is 0.120 e. The molecule has 0 spiro atoms. The van der Waals surface area contributed by atoms with E-state index in [-0.39, 0.29) is 11.0 Å². The smallest absolute Gasteiger partial charge is 0.120 e. The molecule has 2 nitrogen and oxygen atoms in total. The third-order valence-corrected chi connectivity index (χ3v) is 3.14. The highest BCUT2D eigenvalue weighted by Crippen LogP contribution is 2.47. The first-order chi connectivity index (χ1) is 7.45. The van der Waals surface area contributed by atoms with Gasteiger partial charge in [0.25, 0.3) is 0 Å². The molecule has 0 heterocycles. The van der Waals surface area contributed by atoms with Crippen LogP contribution in [0.3, 0.4) is 0 Å². The van der Waals surface area contributed by atoms with E-state index in [4.69, 9.17) is 10.5 Å². The Balaban J connectivity index is 2.11. The first kappa shape index (κ1) is 11.5. The summed E-state index contributed by atoms with van der Waals surface area (Å²) in [5.41, 5.74) is 7.31. The van der Waals surface area contributed by atoms with Crippen molar-refractivity contribution in [2.45, 2.75) is 44.6 Å². The van der Waals surface area contributed by atoms with Crippen molar-refractivity contribution in [3.63, 3.8) is 0 Å². The minimum atomic E-state index is -0.132. The Morgan fingerprint density at radius 1 is 1.19 bits per heavy atom. The van der Waals surface area contributed by atoms with Gasteiger partial charge < -0.3 is 10.5 Å². The lowest BCUT2D eigenvalue weighted by atomic mass is 9.96. The van der Waals surface area contributed by atoms with Crippen LogP contribution in [0, 0.1) is 0 Å². The molecule has 1 aliphatic rings. The van der Waals surface area contributed by atoms with Crippen molar-refractivity contribution in [2.24, 2.45) is 5.73 Å². The zero-order valence-corrected chi connectivity index (χ0v) is 10.4. The zero-order valence-electron chi connectivity index (χ0n) is 10.4. The van der Waals surface area contributed by atoms with Gasteiger partial charge in [-0.3, -0.25) is 0 Å². The van der Waals surface area contributed by atoms with E-state index in [0.29, 0.717) is 0 Å². The summed E-state index contributed by atoms with van der Waals surface area (Å²) >= 11 is 0. The van der Waals surface area contributed by atoms with E-state index < -0.39 is 0 Å². The highest BCUT2D eigenvalue weighted by Gasteiger charge is 2.42. The highest BCUT2D eigenvalue weighted by atomic mass is 16.5. The Morgan fingerprint density at radius 2 is 1.75 bits per heavy atom. The van der Waals surface area contributed by atoms with Crippen LogP contribution in [0.4, 0.5) is 0 Å². The Hall–Kier alpha value is -1.02. The lowest BCUT2D eigenvalue weighted by molar-refractivity contribution is 0.131. The first-order valence-corrected chi connectivity index (χ1v) is 5.95. The molecule has 88 valence electrons. The molecule has 0 amide bonds. The number of ether oxygens (including phenoxy) is 1. The number of benzene rings is 1. The third kappa shape index (κ3) is 2.38. The summed E-state index contributed by atoms with van der Waals surface area (Å²) in [4.78, 5) is 0. The SMILES string of the molecule is CC(C)(C)Oc1ccc(C2(CN)CC2)cc1. The van der Waals surface area contributed by atoms with Gasteiger partial charge in [-0.2, -0.15) is 0 Å². The summed E-state index contributed by atoms with van der Waals surface area (Å²) in [6.07, 6.45) is 2.45. The first-order valence-electron chi connectivity index (χ1n) is 5.95. The van der Waals surface area contributed by atoms with E-state index in [9.17, 15) is 0 Å². The molecule has 2 heteroatoms. The van der Waals surface area contributed by atoms with Gasteiger partial charge in [-0.25, -0.2) is 0 Å². The number of hydrogen-bond donors (Lipinski definition) is 1. The molecule has 0 aliphatic heterocycles. The maximum atomic E-state index is 5.81. The number of hydrogen-bond acceptors (Lipinski definition) is 2. The van der Waals surface area contributed by atoms with E-state index in [2.05, 4.69) is 45.0 Å². The molecule has 1 aromatic carbocycles. The lowest BCUT2D eigenvalue weighted by Crippen LogP contribution is -2.23. The molecule has 0 saturated heterocycles. The molecule has 1 aromatic rings. The fourth-order valence-corrected chi connectivity index (χ4v) is 1.99. The molecule has 1 aliphatic carbocycles. The van der Waals surface area contributed by atoms with Crippen molar-refractivity contribution in [3.8, 4) is 5.75 Å². The minimum Gasteiger partial charge on any atom is -0.488 e. The summed E-state index contributed by atoms with van der Waals surface area (Å²) in [5, 5.41) is 0. The van der Waals surface area contributed by atoms with Gasteiger partial charge in [0.05, 0.1) is 0 Å². The van der Waals surface area contributed by atoms with Crippen LogP contribution in [0.25, 0.3) is 0 Å². The van der Waals surface area contributed by atoms with Crippen molar-refractivity contribution in [3.05, 3.63) is 29.8 Å². The summed E-state index contributed by atoms with van der Waals surface area (Å²) in [6, 6.07) is 8.41. The predicted molar refractivity (Wildman–Crippen MR) is 66.8 cm³/mol. The Bertz CT molecular complexity index is 357. The van der Waals surface area contributed by atoms with Gasteiger partial charge in [0.2, 0.25) is 0 Å². The molecule has 16 heavy (non-hydrogen) atoms. The average molecular weight is 219 g/mol. The molecule has 0 aromatic heterocycles. The monoisotopic (exact) mass is 219 g/mol. The van der Waals surface area contributed by atoms with Gasteiger partial charge in [-0.15, -0.1) is 0 Å². The van der Waals surface area contributed by atoms with Gasteiger partial charge in [0, 0.05) is 12.0 Å². The van der Waals surface area contributed by atoms with Crippen LogP contribution >= 0.6 is 0 Å². The zero-order chi connectivity index (χ0) is 11.8. The van der Waals surface area contributed by atoms with Crippen LogP contribution in [-0.4, -0.2) is 12.1 Å². The molecule has 2 N–H and O–H groups in total. The van der Waals surface area contributed by atoms with Crippen molar-refractivity contribution < 1.29 is 4.74 Å². The van der Waals surface area contributed by atoms with Crippen LogP contribution in [0.15, 0.2) is 24.3 Å². The maximum absolute atomic E-state index is 5.81. The Morgan fingerprint density at radius 3 is 2.12 bits per heavy atom. The van der Waals surface area contributed by atoms with Gasteiger partial charge in [-0.05, 0) is 51.3 Å². The van der Waals surface area contributed by atoms with Crippen molar-refractivity contribution >= 4 is 0 Å². The van der Waals surface area contributed by atoms with Crippen molar-refractivity contribution in [2.75, 3.05) is 6.54 Å². The largest absolute Gasteiger partial charge is 0.488 e. The van der Waals surface area contributed by atoms with Crippen molar-refractivity contribution in [1.82, 2.24) is 0 Å². The third-order valence-electron chi connectivity index (χ3n) is 3.14. The van der Waals surface area contributed by atoms with Crippen LogP contribution in [-0.2, 0) is 5.41 Å². The van der Waals surface area contributed by atoms with Gasteiger partial charge in [-0.1, -0.05) is 12.1 Å². The highest BCUT2D eigenvalue weighted by molar-refractivity contribution is 5.36. The van der Waals surface area contributed by atoms with Crippen LogP contribution in [0.5, 0.6) is 5.75 Å². The van der Waals surface area contributed by atoms with Crippen LogP contribution < -0.4 is 10.5 Å². The molecular formula is C14H21NO. The Labute approximate surface area is 97.8 Å². The fraction of sp³-hybridized carbons (Fsp3) is 0.571. The van der Waals surface area contributed by atoms with Crippen LogP contribution in [0.1, 0.15) is 39.2 Å².